The average Bonchev–Trinajstić information content (AvgIpc) is 3.52. The lowest BCUT2D eigenvalue weighted by Crippen LogP contribution is -2.00. The maximum absolute atomic E-state index is 6.25. The molecule has 0 aliphatic rings. The summed E-state index contributed by atoms with van der Waals surface area (Å²) in [6.45, 7) is 2.56. The van der Waals surface area contributed by atoms with E-state index in [1.165, 1.54) is 11.8 Å². The molecule has 5 rings (SSSR count). The Kier molecular flexibility index (Phi) is 6.55. The first kappa shape index (κ1) is 22.1. The Morgan fingerprint density at radius 2 is 1.74 bits per heavy atom. The second-order valence-corrected chi connectivity index (χ2v) is 8.42. The predicted octanol–water partition coefficient (Wildman–Crippen LogP) is 5.72. The minimum absolute atomic E-state index is 0.381. The number of hydrogen-bond acceptors (Lipinski definition) is 8. The Morgan fingerprint density at radius 1 is 0.941 bits per heavy atom. The predicted molar refractivity (Wildman–Crippen MR) is 130 cm³/mol. The van der Waals surface area contributed by atoms with Crippen molar-refractivity contribution in [2.24, 2.45) is 0 Å². The molecule has 34 heavy (non-hydrogen) atoms. The van der Waals surface area contributed by atoms with Gasteiger partial charge in [0, 0.05) is 23.6 Å². The summed E-state index contributed by atoms with van der Waals surface area (Å²) in [4.78, 5) is 4.11. The number of rotatable bonds is 8. The molecular weight excluding hydrogens is 472 g/mol. The van der Waals surface area contributed by atoms with Crippen LogP contribution in [0.5, 0.6) is 5.75 Å². The zero-order valence-electron chi connectivity index (χ0n) is 18.1. The van der Waals surface area contributed by atoms with Crippen LogP contribution >= 0.6 is 23.4 Å². The highest BCUT2D eigenvalue weighted by Gasteiger charge is 2.18. The molecule has 170 valence electrons. The number of benzene rings is 2. The number of pyridine rings is 1. The van der Waals surface area contributed by atoms with Crippen molar-refractivity contribution in [3.8, 4) is 34.3 Å². The number of thioether (sulfide) groups is 1. The van der Waals surface area contributed by atoms with E-state index in [1.807, 2.05) is 66.1 Å². The van der Waals surface area contributed by atoms with Crippen molar-refractivity contribution < 1.29 is 9.15 Å². The highest BCUT2D eigenvalue weighted by Crippen LogP contribution is 2.31. The molecule has 0 bridgehead atoms. The lowest BCUT2D eigenvalue weighted by atomic mass is 10.2. The zero-order chi connectivity index (χ0) is 23.3. The van der Waals surface area contributed by atoms with E-state index in [2.05, 4.69) is 25.4 Å². The van der Waals surface area contributed by atoms with Crippen LogP contribution in [-0.2, 0) is 5.75 Å². The fourth-order valence-corrected chi connectivity index (χ4v) is 4.33. The Bertz CT molecular complexity index is 1390. The van der Waals surface area contributed by atoms with E-state index in [0.29, 0.717) is 45.7 Å². The number of aromatic nitrogens is 6. The number of nitrogens with zero attached hydrogens (tertiary/aromatic N) is 6. The molecule has 10 heteroatoms. The molecule has 0 aliphatic carbocycles. The lowest BCUT2D eigenvalue weighted by molar-refractivity contribution is 0.340. The third-order valence-electron chi connectivity index (χ3n) is 4.87. The van der Waals surface area contributed by atoms with Crippen LogP contribution in [0.1, 0.15) is 12.8 Å². The van der Waals surface area contributed by atoms with Crippen LogP contribution < -0.4 is 4.74 Å². The van der Waals surface area contributed by atoms with E-state index in [9.17, 15) is 0 Å². The van der Waals surface area contributed by atoms with Crippen molar-refractivity contribution in [2.45, 2.75) is 17.8 Å². The Labute approximate surface area is 205 Å². The van der Waals surface area contributed by atoms with Gasteiger partial charge in [-0.15, -0.1) is 20.4 Å². The van der Waals surface area contributed by atoms with Gasteiger partial charge in [-0.2, -0.15) is 0 Å². The first-order valence-corrected chi connectivity index (χ1v) is 11.9. The van der Waals surface area contributed by atoms with Gasteiger partial charge in [0.05, 0.1) is 22.9 Å². The van der Waals surface area contributed by atoms with Gasteiger partial charge in [0.15, 0.2) is 11.0 Å². The topological polar surface area (TPSA) is 91.8 Å². The van der Waals surface area contributed by atoms with Gasteiger partial charge in [-0.05, 0) is 55.5 Å². The van der Waals surface area contributed by atoms with Crippen LogP contribution in [0.4, 0.5) is 0 Å². The van der Waals surface area contributed by atoms with E-state index >= 15 is 0 Å². The molecule has 0 saturated carbocycles. The standard InChI is InChI=1S/C24H19ClN6O2S/c1-2-32-18-9-7-17(8-10-18)31-22(16-11-13-26-14-12-16)28-30-24(31)34-15-21-27-29-23(33-21)19-5-3-4-6-20(19)25/h3-14H,2,15H2,1H3. The Balaban J connectivity index is 1.44. The van der Waals surface area contributed by atoms with Crippen LogP contribution in [0.25, 0.3) is 28.5 Å². The maximum atomic E-state index is 6.25. The molecule has 0 radical (unpaired) electrons. The molecule has 0 atom stereocenters. The molecule has 5 aromatic rings. The fourth-order valence-electron chi connectivity index (χ4n) is 3.32. The van der Waals surface area contributed by atoms with Crippen LogP contribution in [0.2, 0.25) is 5.02 Å². The highest BCUT2D eigenvalue weighted by molar-refractivity contribution is 7.98. The van der Waals surface area contributed by atoms with Gasteiger partial charge in [0.1, 0.15) is 5.75 Å². The normalized spacial score (nSPS) is 11.0. The molecule has 0 fully saturated rings. The molecule has 0 saturated heterocycles. The quantitative estimate of drug-likeness (QED) is 0.255. The van der Waals surface area contributed by atoms with Gasteiger partial charge < -0.3 is 9.15 Å². The highest BCUT2D eigenvalue weighted by atomic mass is 35.5. The second-order valence-electron chi connectivity index (χ2n) is 7.07. The fraction of sp³-hybridized carbons (Fsp3) is 0.125. The van der Waals surface area contributed by atoms with Crippen LogP contribution in [-0.4, -0.2) is 36.6 Å². The summed E-state index contributed by atoms with van der Waals surface area (Å²) in [5, 5.41) is 18.4. The van der Waals surface area contributed by atoms with Crippen molar-refractivity contribution in [1.82, 2.24) is 29.9 Å². The van der Waals surface area contributed by atoms with Gasteiger partial charge in [0.2, 0.25) is 11.8 Å². The molecule has 0 N–H and O–H groups in total. The van der Waals surface area contributed by atoms with Gasteiger partial charge in [-0.25, -0.2) is 0 Å². The van der Waals surface area contributed by atoms with E-state index in [-0.39, 0.29) is 0 Å². The van der Waals surface area contributed by atoms with Crippen molar-refractivity contribution in [1.29, 1.82) is 0 Å². The third kappa shape index (κ3) is 4.66. The van der Waals surface area contributed by atoms with Crippen molar-refractivity contribution in [3.63, 3.8) is 0 Å². The molecular formula is C24H19ClN6O2S. The molecule has 2 aromatic carbocycles. The maximum Gasteiger partial charge on any atom is 0.249 e. The van der Waals surface area contributed by atoms with Crippen LogP contribution in [0.3, 0.4) is 0 Å². The monoisotopic (exact) mass is 490 g/mol. The summed E-state index contributed by atoms with van der Waals surface area (Å²) in [5.74, 6) is 2.77. The molecule has 0 unspecified atom stereocenters. The first-order chi connectivity index (χ1) is 16.7. The summed E-state index contributed by atoms with van der Waals surface area (Å²) >= 11 is 7.70. The van der Waals surface area contributed by atoms with Gasteiger partial charge in [0.25, 0.3) is 0 Å². The number of hydrogen-bond donors (Lipinski definition) is 0. The summed E-state index contributed by atoms with van der Waals surface area (Å²) in [6.07, 6.45) is 3.46. The summed E-state index contributed by atoms with van der Waals surface area (Å²) in [5.41, 5.74) is 2.51. The van der Waals surface area contributed by atoms with Gasteiger partial charge in [-0.1, -0.05) is 35.5 Å². The van der Waals surface area contributed by atoms with Crippen LogP contribution in [0, 0.1) is 0 Å². The van der Waals surface area contributed by atoms with E-state index < -0.39 is 0 Å². The first-order valence-electron chi connectivity index (χ1n) is 10.5. The second kappa shape index (κ2) is 10.1. The smallest absolute Gasteiger partial charge is 0.249 e. The minimum Gasteiger partial charge on any atom is -0.494 e. The molecule has 3 aromatic heterocycles. The SMILES string of the molecule is CCOc1ccc(-n2c(SCc3nnc(-c4ccccc4Cl)o3)nnc2-c2ccncc2)cc1. The minimum atomic E-state index is 0.381. The molecule has 8 nitrogen and oxygen atoms in total. The summed E-state index contributed by atoms with van der Waals surface area (Å²) < 4.78 is 13.4. The van der Waals surface area contributed by atoms with Crippen molar-refractivity contribution in [2.75, 3.05) is 6.61 Å². The largest absolute Gasteiger partial charge is 0.494 e. The van der Waals surface area contributed by atoms with Gasteiger partial charge in [-0.3, -0.25) is 9.55 Å². The van der Waals surface area contributed by atoms with E-state index in [4.69, 9.17) is 20.8 Å². The third-order valence-corrected chi connectivity index (χ3v) is 6.12. The van der Waals surface area contributed by atoms with Crippen molar-refractivity contribution >= 4 is 23.4 Å². The lowest BCUT2D eigenvalue weighted by Gasteiger charge is -2.11. The van der Waals surface area contributed by atoms with Crippen LogP contribution in [0.15, 0.2) is 82.6 Å². The van der Waals surface area contributed by atoms with E-state index in [1.54, 1.807) is 18.5 Å². The average molecular weight is 491 g/mol. The zero-order valence-corrected chi connectivity index (χ0v) is 19.7. The number of halogens is 1. The molecule has 3 heterocycles. The Morgan fingerprint density at radius 3 is 2.50 bits per heavy atom. The molecule has 0 spiro atoms. The van der Waals surface area contributed by atoms with Gasteiger partial charge >= 0.3 is 0 Å². The molecule has 0 amide bonds. The van der Waals surface area contributed by atoms with Crippen molar-refractivity contribution in [3.05, 3.63) is 84.0 Å². The molecule has 0 aliphatic heterocycles. The summed E-state index contributed by atoms with van der Waals surface area (Å²) in [7, 11) is 0. The van der Waals surface area contributed by atoms with E-state index in [0.717, 1.165) is 17.0 Å². The summed E-state index contributed by atoms with van der Waals surface area (Å²) in [6, 6.07) is 19.0. The Hall–Kier alpha value is -3.69. The number of ether oxygens (including phenoxy) is 1.